The standard InChI is InChI=1S/C17H23N3O7/c1-3-8-26-16(22)18-13(15(21)25-4-2)10-11-9-12(19-27-11)14-6-5-7-20(14)17(23)24/h3,9,13-14H,1,4-8,10H2,2H3,(H,18,22)(H,23,24). The first-order valence-electron chi connectivity index (χ1n) is 8.62. The first kappa shape index (κ1) is 20.3. The topological polar surface area (TPSA) is 131 Å². The van der Waals surface area contributed by atoms with Crippen molar-refractivity contribution in [2.45, 2.75) is 38.3 Å². The van der Waals surface area contributed by atoms with E-state index in [-0.39, 0.29) is 25.7 Å². The molecule has 2 atom stereocenters. The summed E-state index contributed by atoms with van der Waals surface area (Å²) in [5.41, 5.74) is 0.474. The lowest BCUT2D eigenvalue weighted by Crippen LogP contribution is -2.43. The molecule has 0 bridgehead atoms. The normalized spacial score (nSPS) is 17.2. The summed E-state index contributed by atoms with van der Waals surface area (Å²) in [6.07, 6.45) is 0.970. The van der Waals surface area contributed by atoms with Crippen LogP contribution in [0.15, 0.2) is 23.2 Å². The van der Waals surface area contributed by atoms with Gasteiger partial charge in [0.05, 0.1) is 12.6 Å². The number of nitrogens with one attached hydrogen (secondary N) is 1. The van der Waals surface area contributed by atoms with Crippen molar-refractivity contribution in [1.82, 2.24) is 15.4 Å². The number of carboxylic acid groups (broad SMARTS) is 1. The smallest absolute Gasteiger partial charge is 0.408 e. The molecule has 0 aromatic carbocycles. The van der Waals surface area contributed by atoms with Crippen LogP contribution in [0.1, 0.15) is 37.3 Å². The minimum Gasteiger partial charge on any atom is -0.465 e. The van der Waals surface area contributed by atoms with E-state index in [0.29, 0.717) is 24.4 Å². The van der Waals surface area contributed by atoms with E-state index < -0.39 is 24.2 Å². The van der Waals surface area contributed by atoms with E-state index in [1.54, 1.807) is 13.0 Å². The molecule has 1 aromatic heterocycles. The average Bonchev–Trinajstić information content (AvgIpc) is 3.28. The van der Waals surface area contributed by atoms with Gasteiger partial charge in [0.15, 0.2) is 0 Å². The second-order valence-electron chi connectivity index (χ2n) is 5.89. The molecule has 1 aromatic rings. The van der Waals surface area contributed by atoms with Crippen molar-refractivity contribution in [3.05, 3.63) is 30.2 Å². The lowest BCUT2D eigenvalue weighted by Gasteiger charge is -2.18. The van der Waals surface area contributed by atoms with Crippen LogP contribution in [0, 0.1) is 0 Å². The van der Waals surface area contributed by atoms with Crippen LogP contribution in [0.25, 0.3) is 0 Å². The van der Waals surface area contributed by atoms with Crippen molar-refractivity contribution in [3.63, 3.8) is 0 Å². The molecular formula is C17H23N3O7. The van der Waals surface area contributed by atoms with Crippen molar-refractivity contribution in [3.8, 4) is 0 Å². The SMILES string of the molecule is C=CCOC(=O)NC(Cc1cc(C2CCCN2C(=O)O)no1)C(=O)OCC. The number of nitrogens with zero attached hydrogens (tertiary/aromatic N) is 2. The minimum absolute atomic E-state index is 0.000533. The van der Waals surface area contributed by atoms with E-state index in [1.807, 2.05) is 0 Å². The highest BCUT2D eigenvalue weighted by Gasteiger charge is 2.33. The van der Waals surface area contributed by atoms with Crippen molar-refractivity contribution >= 4 is 18.2 Å². The predicted molar refractivity (Wildman–Crippen MR) is 92.0 cm³/mol. The van der Waals surface area contributed by atoms with Crippen LogP contribution in [0.3, 0.4) is 0 Å². The molecule has 0 spiro atoms. The van der Waals surface area contributed by atoms with Crippen molar-refractivity contribution < 1.29 is 33.5 Å². The zero-order valence-electron chi connectivity index (χ0n) is 15.1. The van der Waals surface area contributed by atoms with Crippen LogP contribution < -0.4 is 5.32 Å². The number of alkyl carbamates (subject to hydrolysis) is 1. The van der Waals surface area contributed by atoms with Crippen molar-refractivity contribution in [1.29, 1.82) is 0 Å². The fourth-order valence-electron chi connectivity index (χ4n) is 2.84. The summed E-state index contributed by atoms with van der Waals surface area (Å²) in [5, 5.41) is 15.6. The number of amides is 2. The number of hydrogen-bond donors (Lipinski definition) is 2. The summed E-state index contributed by atoms with van der Waals surface area (Å²) >= 11 is 0. The number of rotatable bonds is 8. The lowest BCUT2D eigenvalue weighted by molar-refractivity contribution is -0.145. The van der Waals surface area contributed by atoms with Gasteiger partial charge in [0.1, 0.15) is 24.1 Å². The highest BCUT2D eigenvalue weighted by Crippen LogP contribution is 2.31. The number of hydrogen-bond acceptors (Lipinski definition) is 7. The summed E-state index contributed by atoms with van der Waals surface area (Å²) in [4.78, 5) is 36.4. The Morgan fingerprint density at radius 2 is 2.30 bits per heavy atom. The molecule has 2 unspecified atom stereocenters. The molecule has 1 aliphatic rings. The van der Waals surface area contributed by atoms with Gasteiger partial charge in [-0.3, -0.25) is 4.90 Å². The van der Waals surface area contributed by atoms with Gasteiger partial charge in [-0.2, -0.15) is 0 Å². The molecule has 1 fully saturated rings. The fourth-order valence-corrected chi connectivity index (χ4v) is 2.84. The summed E-state index contributed by atoms with van der Waals surface area (Å²) in [6, 6.07) is 0.184. The van der Waals surface area contributed by atoms with Crippen LogP contribution in [-0.2, 0) is 20.7 Å². The van der Waals surface area contributed by atoms with E-state index in [4.69, 9.17) is 14.0 Å². The Labute approximate surface area is 156 Å². The van der Waals surface area contributed by atoms with Gasteiger partial charge in [0.2, 0.25) is 0 Å². The van der Waals surface area contributed by atoms with Gasteiger partial charge in [0, 0.05) is 19.0 Å². The van der Waals surface area contributed by atoms with Crippen LogP contribution in [-0.4, -0.2) is 59.1 Å². The molecular weight excluding hydrogens is 358 g/mol. The first-order chi connectivity index (χ1) is 13.0. The molecule has 2 N–H and O–H groups in total. The minimum atomic E-state index is -1.03. The summed E-state index contributed by atoms with van der Waals surface area (Å²) < 4.78 is 15.0. The number of likely N-dealkylation sites (tertiary alicyclic amines) is 1. The first-order valence-corrected chi connectivity index (χ1v) is 8.62. The maximum absolute atomic E-state index is 12.1. The van der Waals surface area contributed by atoms with Gasteiger partial charge in [-0.15, -0.1) is 0 Å². The molecule has 148 valence electrons. The van der Waals surface area contributed by atoms with Crippen LogP contribution in [0.2, 0.25) is 0 Å². The highest BCUT2D eigenvalue weighted by molar-refractivity contribution is 5.81. The molecule has 1 aliphatic heterocycles. The second kappa shape index (κ2) is 9.60. The number of carbonyl (C=O) groups excluding carboxylic acids is 2. The Morgan fingerprint density at radius 3 is 2.96 bits per heavy atom. The van der Waals surface area contributed by atoms with E-state index in [2.05, 4.69) is 17.1 Å². The lowest BCUT2D eigenvalue weighted by atomic mass is 10.1. The molecule has 2 heterocycles. The average molecular weight is 381 g/mol. The largest absolute Gasteiger partial charge is 0.465 e. The highest BCUT2D eigenvalue weighted by atomic mass is 16.6. The quantitative estimate of drug-likeness (QED) is 0.515. The predicted octanol–water partition coefficient (Wildman–Crippen LogP) is 1.88. The monoisotopic (exact) mass is 381 g/mol. The van der Waals surface area contributed by atoms with Gasteiger partial charge in [0.25, 0.3) is 0 Å². The molecule has 0 radical (unpaired) electrons. The molecule has 0 saturated carbocycles. The van der Waals surface area contributed by atoms with Gasteiger partial charge >= 0.3 is 18.2 Å². The summed E-state index contributed by atoms with van der Waals surface area (Å²) in [7, 11) is 0. The second-order valence-corrected chi connectivity index (χ2v) is 5.89. The maximum atomic E-state index is 12.1. The van der Waals surface area contributed by atoms with Gasteiger partial charge in [-0.1, -0.05) is 17.8 Å². The number of esters is 1. The van der Waals surface area contributed by atoms with E-state index in [0.717, 1.165) is 6.42 Å². The van der Waals surface area contributed by atoms with E-state index in [9.17, 15) is 19.5 Å². The molecule has 27 heavy (non-hydrogen) atoms. The zero-order chi connectivity index (χ0) is 19.8. The fraction of sp³-hybridized carbons (Fsp3) is 0.529. The Bertz CT molecular complexity index is 688. The van der Waals surface area contributed by atoms with Crippen molar-refractivity contribution in [2.75, 3.05) is 19.8 Å². The maximum Gasteiger partial charge on any atom is 0.408 e. The third-order valence-corrected chi connectivity index (χ3v) is 4.02. The van der Waals surface area contributed by atoms with E-state index in [1.165, 1.54) is 11.0 Å². The third kappa shape index (κ3) is 5.47. The molecule has 2 amide bonds. The van der Waals surface area contributed by atoms with Crippen molar-refractivity contribution in [2.24, 2.45) is 0 Å². The molecule has 1 saturated heterocycles. The van der Waals surface area contributed by atoms with Gasteiger partial charge < -0.3 is 24.4 Å². The Hall–Kier alpha value is -3.04. The molecule has 10 nitrogen and oxygen atoms in total. The third-order valence-electron chi connectivity index (χ3n) is 4.02. The Kier molecular flexibility index (Phi) is 7.21. The molecule has 0 aliphatic carbocycles. The Morgan fingerprint density at radius 1 is 1.52 bits per heavy atom. The number of aromatic nitrogens is 1. The van der Waals surface area contributed by atoms with E-state index >= 15 is 0 Å². The van der Waals surface area contributed by atoms with Crippen LogP contribution in [0.4, 0.5) is 9.59 Å². The molecule has 2 rings (SSSR count). The zero-order valence-corrected chi connectivity index (χ0v) is 15.1. The number of carbonyl (C=O) groups is 3. The molecule has 10 heteroatoms. The summed E-state index contributed by atoms with van der Waals surface area (Å²) in [6.45, 7) is 5.67. The van der Waals surface area contributed by atoms with Gasteiger partial charge in [-0.05, 0) is 19.8 Å². The number of ether oxygens (including phenoxy) is 2. The summed E-state index contributed by atoms with van der Waals surface area (Å²) in [5.74, 6) is -0.316. The Balaban J connectivity index is 2.07. The van der Waals surface area contributed by atoms with Crippen LogP contribution >= 0.6 is 0 Å². The van der Waals surface area contributed by atoms with Crippen LogP contribution in [0.5, 0.6) is 0 Å². The van der Waals surface area contributed by atoms with Gasteiger partial charge in [-0.25, -0.2) is 14.4 Å².